The zero-order chi connectivity index (χ0) is 34.7. The van der Waals surface area contributed by atoms with E-state index in [1.165, 1.54) is 44.7 Å². The van der Waals surface area contributed by atoms with Gasteiger partial charge in [0, 0.05) is 64.7 Å². The van der Waals surface area contributed by atoms with Crippen molar-refractivity contribution >= 4 is 37.3 Å². The fourth-order valence-electron chi connectivity index (χ4n) is 7.68. The molecule has 263 valence electrons. The number of aliphatic hydroxyl groups is 1. The second-order valence-corrected chi connectivity index (χ2v) is 16.4. The fourth-order valence-corrected chi connectivity index (χ4v) is 9.10. The summed E-state index contributed by atoms with van der Waals surface area (Å²) in [4.78, 5) is 16.6. The maximum Gasteiger partial charge on any atom is 0.162 e. The second-order valence-electron chi connectivity index (χ2n) is 15.3. The summed E-state index contributed by atoms with van der Waals surface area (Å²) in [6, 6.07) is 13.9. The number of fused-ring (bicyclic) bond motifs is 5. The Morgan fingerprint density at radius 2 is 1.54 bits per heavy atom. The normalized spacial score (nSPS) is 15.4. The van der Waals surface area contributed by atoms with Crippen LogP contribution < -0.4 is 0 Å². The van der Waals surface area contributed by atoms with Gasteiger partial charge in [-0.1, -0.05) is 69.2 Å². The molecule has 0 saturated heterocycles. The monoisotopic (exact) mass is 845 g/mol. The van der Waals surface area contributed by atoms with Crippen LogP contribution in [-0.2, 0) is 42.2 Å². The molecule has 0 spiro atoms. The van der Waals surface area contributed by atoms with Crippen LogP contribution >= 0.6 is 11.3 Å². The van der Waals surface area contributed by atoms with Crippen LogP contribution in [0.2, 0.25) is 0 Å². The molecule has 1 aliphatic carbocycles. The maximum atomic E-state index is 11.7. The number of aliphatic hydroxyl groups excluding tert-OH is 1. The summed E-state index contributed by atoms with van der Waals surface area (Å²) < 4.78 is 2.79. The Balaban J connectivity index is 0.000000334. The van der Waals surface area contributed by atoms with E-state index in [2.05, 4.69) is 72.7 Å². The average molecular weight is 845 g/mol. The molecular weight excluding hydrogens is 787 g/mol. The Kier molecular flexibility index (Phi) is 13.9. The largest absolute Gasteiger partial charge is 0.512 e. The minimum absolute atomic E-state index is 0. The van der Waals surface area contributed by atoms with Gasteiger partial charge in [-0.15, -0.1) is 47.2 Å². The Labute approximate surface area is 308 Å². The number of ketones is 1. The van der Waals surface area contributed by atoms with Gasteiger partial charge < -0.3 is 10.1 Å². The van der Waals surface area contributed by atoms with Gasteiger partial charge in [-0.25, -0.2) is 0 Å². The topological polar surface area (TPSA) is 50.2 Å². The SMILES string of the molecule is CCC(CC)C(=O)/C=C(\O)C(CC)CC.Cc1c2c(c3c(sc4c(-c5[c-]cccc5)nccc43)c1CC(C)C)C(C)(C)CCC2(C)C.[Ir]. The molecule has 1 aliphatic rings. The molecule has 48 heavy (non-hydrogen) atoms. The third-order valence-corrected chi connectivity index (χ3v) is 11.9. The molecule has 0 atom stereocenters. The summed E-state index contributed by atoms with van der Waals surface area (Å²) in [7, 11) is 0. The molecule has 2 aromatic carbocycles. The quantitative estimate of drug-likeness (QED) is 0.0983. The minimum Gasteiger partial charge on any atom is -0.512 e. The molecule has 0 amide bonds. The van der Waals surface area contributed by atoms with Gasteiger partial charge in [0.15, 0.2) is 5.78 Å². The zero-order valence-corrected chi connectivity index (χ0v) is 34.5. The Bertz CT molecular complexity index is 1720. The van der Waals surface area contributed by atoms with Crippen molar-refractivity contribution < 1.29 is 30.0 Å². The Hall–Kier alpha value is -2.33. The van der Waals surface area contributed by atoms with Crippen LogP contribution in [0.5, 0.6) is 0 Å². The molecule has 3 nitrogen and oxygen atoms in total. The molecule has 5 heteroatoms. The maximum absolute atomic E-state index is 11.7. The van der Waals surface area contributed by atoms with Crippen LogP contribution in [0.1, 0.15) is 130 Å². The Morgan fingerprint density at radius 3 is 2.08 bits per heavy atom. The van der Waals surface area contributed by atoms with Crippen molar-refractivity contribution in [2.45, 2.75) is 132 Å². The van der Waals surface area contributed by atoms with Crippen molar-refractivity contribution in [2.75, 3.05) is 0 Å². The van der Waals surface area contributed by atoms with Gasteiger partial charge in [0.25, 0.3) is 0 Å². The smallest absolute Gasteiger partial charge is 0.162 e. The van der Waals surface area contributed by atoms with Crippen LogP contribution in [0.25, 0.3) is 31.4 Å². The van der Waals surface area contributed by atoms with Crippen LogP contribution in [-0.4, -0.2) is 15.9 Å². The number of benzene rings is 2. The van der Waals surface area contributed by atoms with Gasteiger partial charge in [-0.3, -0.25) is 4.79 Å². The number of pyridine rings is 1. The van der Waals surface area contributed by atoms with Crippen molar-refractivity contribution in [1.82, 2.24) is 4.98 Å². The summed E-state index contributed by atoms with van der Waals surface area (Å²) in [6.07, 6.45) is 10.5. The van der Waals surface area contributed by atoms with Gasteiger partial charge in [0.1, 0.15) is 0 Å². The predicted octanol–water partition coefficient (Wildman–Crippen LogP) is 12.6. The number of aromatic nitrogens is 1. The fraction of sp³-hybridized carbons (Fsp3) is 0.535. The van der Waals surface area contributed by atoms with Gasteiger partial charge in [0.05, 0.1) is 5.76 Å². The number of carbonyl (C=O) groups is 1. The van der Waals surface area contributed by atoms with E-state index in [-0.39, 0.29) is 54.3 Å². The number of hydrogen-bond donors (Lipinski definition) is 1. The molecule has 0 bridgehead atoms. The number of thiophene rings is 1. The summed E-state index contributed by atoms with van der Waals surface area (Å²) >= 11 is 1.96. The number of rotatable bonds is 10. The number of allylic oxidation sites excluding steroid dienone is 2. The molecule has 1 N–H and O–H groups in total. The molecule has 1 radical (unpaired) electrons. The van der Waals surface area contributed by atoms with E-state index in [0.29, 0.717) is 5.92 Å². The minimum atomic E-state index is 0. The van der Waals surface area contributed by atoms with E-state index in [9.17, 15) is 9.90 Å². The van der Waals surface area contributed by atoms with Crippen molar-refractivity contribution in [2.24, 2.45) is 17.8 Å². The zero-order valence-electron chi connectivity index (χ0n) is 31.3. The molecule has 2 heterocycles. The van der Waals surface area contributed by atoms with Crippen LogP contribution in [0.4, 0.5) is 0 Å². The molecule has 0 unspecified atom stereocenters. The molecule has 0 aliphatic heterocycles. The number of hydrogen-bond acceptors (Lipinski definition) is 4. The predicted molar refractivity (Wildman–Crippen MR) is 204 cm³/mol. The van der Waals surface area contributed by atoms with Crippen LogP contribution in [0.15, 0.2) is 48.4 Å². The van der Waals surface area contributed by atoms with Gasteiger partial charge >= 0.3 is 0 Å². The van der Waals surface area contributed by atoms with E-state index in [4.69, 9.17) is 4.98 Å². The molecule has 5 rings (SSSR count). The van der Waals surface area contributed by atoms with Crippen molar-refractivity contribution in [3.05, 3.63) is 76.7 Å². The standard InChI is InChI=1S/C30H34NS.C13H24O2.Ir/c1-18(2)17-22-19(3)24-25(30(6,7)15-14-29(24,4)5)23-21-13-16-31-26(28(21)32-27(22)23)20-11-9-8-10-12-20;1-5-10(6-2)12(14)9-13(15)11(7-3)8-4;/h8-11,13,16,18H,14-15,17H2,1-7H3;9-11,14H,5-8H2,1-4H3;/q-1;;/b;12-9-;. The van der Waals surface area contributed by atoms with Gasteiger partial charge in [-0.2, -0.15) is 0 Å². The third-order valence-electron chi connectivity index (χ3n) is 10.6. The molecule has 2 aromatic heterocycles. The number of nitrogens with zero attached hydrogens (tertiary/aromatic N) is 1. The molecule has 0 saturated carbocycles. The van der Waals surface area contributed by atoms with Gasteiger partial charge in [0.2, 0.25) is 0 Å². The average Bonchev–Trinajstić information content (AvgIpc) is 3.42. The van der Waals surface area contributed by atoms with Crippen molar-refractivity contribution in [1.29, 1.82) is 0 Å². The first-order chi connectivity index (χ1) is 22.2. The van der Waals surface area contributed by atoms with Crippen molar-refractivity contribution in [3.63, 3.8) is 0 Å². The summed E-state index contributed by atoms with van der Waals surface area (Å²) in [5.41, 5.74) is 8.82. The van der Waals surface area contributed by atoms with E-state index in [1.807, 2.05) is 57.4 Å². The summed E-state index contributed by atoms with van der Waals surface area (Å²) in [6.45, 7) is 25.0. The number of carbonyl (C=O) groups excluding carboxylic acids is 1. The Morgan fingerprint density at radius 1 is 0.938 bits per heavy atom. The molecule has 0 fully saturated rings. The molecule has 4 aromatic rings. The summed E-state index contributed by atoms with van der Waals surface area (Å²) in [5, 5.41) is 12.6. The van der Waals surface area contributed by atoms with E-state index in [0.717, 1.165) is 43.4 Å². The second kappa shape index (κ2) is 16.6. The van der Waals surface area contributed by atoms with Crippen LogP contribution in [0, 0.1) is 30.7 Å². The molecular formula is C43H58IrNO2S-. The van der Waals surface area contributed by atoms with E-state index < -0.39 is 0 Å². The third kappa shape index (κ3) is 8.17. The summed E-state index contributed by atoms with van der Waals surface area (Å²) in [5.74, 6) is 1.17. The first kappa shape index (κ1) is 40.1. The van der Waals surface area contributed by atoms with E-state index >= 15 is 0 Å². The first-order valence-corrected chi connectivity index (χ1v) is 18.8. The van der Waals surface area contributed by atoms with Gasteiger partial charge in [-0.05, 0) is 102 Å². The van der Waals surface area contributed by atoms with Crippen molar-refractivity contribution in [3.8, 4) is 11.3 Å². The first-order valence-electron chi connectivity index (χ1n) is 18.0. The van der Waals surface area contributed by atoms with E-state index in [1.54, 1.807) is 16.7 Å². The van der Waals surface area contributed by atoms with Crippen LogP contribution in [0.3, 0.4) is 0 Å².